The molecule has 100 valence electrons. The molecule has 0 aliphatic rings. The zero-order valence-corrected chi connectivity index (χ0v) is 10.9. The molecule has 0 spiro atoms. The standard InChI is InChI=1S/C13H16N4O2/c1-8(2)7-17-12(11(13(18)19)15-16-17)9-3-5-10(14)6-4-9/h3-6,8H,7,14H2,1-2H3,(H,18,19). The highest BCUT2D eigenvalue weighted by Crippen LogP contribution is 2.24. The number of carbonyl (C=O) groups is 1. The molecule has 0 atom stereocenters. The molecule has 6 nitrogen and oxygen atoms in total. The zero-order valence-electron chi connectivity index (χ0n) is 10.9. The topological polar surface area (TPSA) is 94.0 Å². The second-order valence-corrected chi connectivity index (χ2v) is 4.79. The number of carboxylic acids is 1. The Morgan fingerprint density at radius 1 is 1.37 bits per heavy atom. The van der Waals surface area contributed by atoms with Crippen LogP contribution in [0.15, 0.2) is 24.3 Å². The van der Waals surface area contributed by atoms with E-state index in [2.05, 4.69) is 10.3 Å². The van der Waals surface area contributed by atoms with E-state index in [1.54, 1.807) is 28.9 Å². The minimum absolute atomic E-state index is 0.0366. The first-order chi connectivity index (χ1) is 8.99. The normalized spacial score (nSPS) is 10.9. The molecule has 2 rings (SSSR count). The third kappa shape index (κ3) is 2.73. The SMILES string of the molecule is CC(C)Cn1nnc(C(=O)O)c1-c1ccc(N)cc1. The van der Waals surface area contributed by atoms with Crippen molar-refractivity contribution in [3.63, 3.8) is 0 Å². The number of aromatic carboxylic acids is 1. The Bertz CT molecular complexity index is 587. The van der Waals surface area contributed by atoms with Crippen LogP contribution in [0.4, 0.5) is 5.69 Å². The van der Waals surface area contributed by atoms with E-state index < -0.39 is 5.97 Å². The van der Waals surface area contributed by atoms with Crippen molar-refractivity contribution < 1.29 is 9.90 Å². The molecular formula is C13H16N4O2. The molecule has 19 heavy (non-hydrogen) atoms. The molecule has 6 heteroatoms. The van der Waals surface area contributed by atoms with Gasteiger partial charge in [0, 0.05) is 17.8 Å². The summed E-state index contributed by atoms with van der Waals surface area (Å²) in [4.78, 5) is 11.2. The van der Waals surface area contributed by atoms with Gasteiger partial charge in [-0.1, -0.05) is 31.2 Å². The van der Waals surface area contributed by atoms with E-state index >= 15 is 0 Å². The second kappa shape index (κ2) is 5.09. The average molecular weight is 260 g/mol. The summed E-state index contributed by atoms with van der Waals surface area (Å²) < 4.78 is 1.62. The number of hydrogen-bond acceptors (Lipinski definition) is 4. The predicted molar refractivity (Wildman–Crippen MR) is 71.7 cm³/mol. The minimum atomic E-state index is -1.08. The van der Waals surface area contributed by atoms with Crippen molar-refractivity contribution in [2.75, 3.05) is 5.73 Å². The van der Waals surface area contributed by atoms with Crippen LogP contribution >= 0.6 is 0 Å². The smallest absolute Gasteiger partial charge is 0.358 e. The highest BCUT2D eigenvalue weighted by molar-refractivity contribution is 5.92. The largest absolute Gasteiger partial charge is 0.476 e. The van der Waals surface area contributed by atoms with Gasteiger partial charge < -0.3 is 10.8 Å². The number of hydrogen-bond donors (Lipinski definition) is 2. The summed E-state index contributed by atoms with van der Waals surface area (Å²) in [6.45, 7) is 4.68. The maximum atomic E-state index is 11.2. The van der Waals surface area contributed by atoms with Gasteiger partial charge in [-0.15, -0.1) is 5.10 Å². The molecule has 0 saturated heterocycles. The first kappa shape index (κ1) is 13.1. The summed E-state index contributed by atoms with van der Waals surface area (Å²) in [5.41, 5.74) is 7.50. The Kier molecular flexibility index (Phi) is 3.50. The second-order valence-electron chi connectivity index (χ2n) is 4.79. The number of carboxylic acid groups (broad SMARTS) is 1. The van der Waals surface area contributed by atoms with Gasteiger partial charge in [-0.25, -0.2) is 9.48 Å². The molecule has 0 radical (unpaired) electrons. The van der Waals surface area contributed by atoms with Crippen LogP contribution in [0.3, 0.4) is 0 Å². The van der Waals surface area contributed by atoms with Crippen LogP contribution in [-0.4, -0.2) is 26.1 Å². The molecule has 2 aromatic rings. The Morgan fingerprint density at radius 3 is 2.53 bits per heavy atom. The molecule has 1 aromatic heterocycles. The van der Waals surface area contributed by atoms with Crippen molar-refractivity contribution >= 4 is 11.7 Å². The monoisotopic (exact) mass is 260 g/mol. The van der Waals surface area contributed by atoms with Gasteiger partial charge in [0.1, 0.15) is 5.69 Å². The van der Waals surface area contributed by atoms with E-state index in [1.165, 1.54) is 0 Å². The maximum Gasteiger partial charge on any atom is 0.358 e. The Morgan fingerprint density at radius 2 is 2.00 bits per heavy atom. The fourth-order valence-corrected chi connectivity index (χ4v) is 1.86. The van der Waals surface area contributed by atoms with Gasteiger partial charge in [-0.2, -0.15) is 0 Å². The van der Waals surface area contributed by atoms with Crippen LogP contribution in [0.2, 0.25) is 0 Å². The third-order valence-electron chi connectivity index (χ3n) is 2.66. The van der Waals surface area contributed by atoms with Crippen molar-refractivity contribution in [2.45, 2.75) is 20.4 Å². The van der Waals surface area contributed by atoms with E-state index in [9.17, 15) is 9.90 Å². The van der Waals surface area contributed by atoms with E-state index in [0.717, 1.165) is 5.56 Å². The molecule has 0 fully saturated rings. The first-order valence-corrected chi connectivity index (χ1v) is 6.01. The van der Waals surface area contributed by atoms with Crippen LogP contribution in [-0.2, 0) is 6.54 Å². The zero-order chi connectivity index (χ0) is 14.0. The molecular weight excluding hydrogens is 244 g/mol. The number of benzene rings is 1. The average Bonchev–Trinajstić information content (AvgIpc) is 2.73. The van der Waals surface area contributed by atoms with Crippen LogP contribution in [0.5, 0.6) is 0 Å². The van der Waals surface area contributed by atoms with Crippen molar-refractivity contribution in [2.24, 2.45) is 5.92 Å². The number of nitrogen functional groups attached to an aromatic ring is 1. The van der Waals surface area contributed by atoms with Gasteiger partial charge in [-0.05, 0) is 18.1 Å². The van der Waals surface area contributed by atoms with Crippen molar-refractivity contribution in [1.29, 1.82) is 0 Å². The van der Waals surface area contributed by atoms with Crippen LogP contribution in [0.25, 0.3) is 11.3 Å². The molecule has 3 N–H and O–H groups in total. The Labute approximate surface area is 110 Å². The summed E-state index contributed by atoms with van der Waals surface area (Å²) in [6, 6.07) is 7.01. The Hall–Kier alpha value is -2.37. The highest BCUT2D eigenvalue weighted by Gasteiger charge is 2.20. The maximum absolute atomic E-state index is 11.2. The van der Waals surface area contributed by atoms with Crippen molar-refractivity contribution in [1.82, 2.24) is 15.0 Å². The number of nitrogens with two attached hydrogens (primary N) is 1. The molecule has 0 saturated carbocycles. The first-order valence-electron chi connectivity index (χ1n) is 6.01. The third-order valence-corrected chi connectivity index (χ3v) is 2.66. The lowest BCUT2D eigenvalue weighted by Gasteiger charge is -2.09. The molecule has 1 aromatic carbocycles. The number of rotatable bonds is 4. The quantitative estimate of drug-likeness (QED) is 0.818. The lowest BCUT2D eigenvalue weighted by Crippen LogP contribution is -2.09. The van der Waals surface area contributed by atoms with Crippen LogP contribution in [0, 0.1) is 5.92 Å². The van der Waals surface area contributed by atoms with Crippen molar-refractivity contribution in [3.8, 4) is 11.3 Å². The van der Waals surface area contributed by atoms with Gasteiger partial charge in [0.25, 0.3) is 0 Å². The fraction of sp³-hybridized carbons (Fsp3) is 0.308. The van der Waals surface area contributed by atoms with Gasteiger partial charge in [0.15, 0.2) is 5.69 Å². The van der Waals surface area contributed by atoms with Crippen LogP contribution < -0.4 is 5.73 Å². The van der Waals surface area contributed by atoms with Gasteiger partial charge in [0.05, 0.1) is 0 Å². The van der Waals surface area contributed by atoms with Gasteiger partial charge in [-0.3, -0.25) is 0 Å². The molecule has 0 amide bonds. The predicted octanol–water partition coefficient (Wildman–Crippen LogP) is 1.88. The van der Waals surface area contributed by atoms with Gasteiger partial charge >= 0.3 is 5.97 Å². The lowest BCUT2D eigenvalue weighted by atomic mass is 10.1. The van der Waals surface area contributed by atoms with Crippen molar-refractivity contribution in [3.05, 3.63) is 30.0 Å². The highest BCUT2D eigenvalue weighted by atomic mass is 16.4. The van der Waals surface area contributed by atoms with E-state index in [4.69, 9.17) is 5.73 Å². The molecule has 0 bridgehead atoms. The van der Waals surface area contributed by atoms with Crippen LogP contribution in [0.1, 0.15) is 24.3 Å². The lowest BCUT2D eigenvalue weighted by molar-refractivity contribution is 0.0691. The Balaban J connectivity index is 2.54. The molecule has 0 aliphatic carbocycles. The summed E-state index contributed by atoms with van der Waals surface area (Å²) in [5.74, 6) is -0.738. The summed E-state index contributed by atoms with van der Waals surface area (Å²) >= 11 is 0. The number of anilines is 1. The number of aromatic nitrogens is 3. The minimum Gasteiger partial charge on any atom is -0.476 e. The summed E-state index contributed by atoms with van der Waals surface area (Å²) in [7, 11) is 0. The summed E-state index contributed by atoms with van der Waals surface area (Å²) in [5, 5.41) is 16.9. The number of nitrogens with zero attached hydrogens (tertiary/aromatic N) is 3. The molecule has 0 aliphatic heterocycles. The van der Waals surface area contributed by atoms with E-state index in [1.807, 2.05) is 13.8 Å². The summed E-state index contributed by atoms with van der Waals surface area (Å²) in [6.07, 6.45) is 0. The molecule has 0 unspecified atom stereocenters. The van der Waals surface area contributed by atoms with E-state index in [0.29, 0.717) is 23.8 Å². The van der Waals surface area contributed by atoms with E-state index in [-0.39, 0.29) is 5.69 Å². The fourth-order valence-electron chi connectivity index (χ4n) is 1.86. The van der Waals surface area contributed by atoms with Gasteiger partial charge in [0.2, 0.25) is 0 Å². The molecule has 1 heterocycles.